The van der Waals surface area contributed by atoms with Crippen LogP contribution in [0.5, 0.6) is 5.75 Å². The van der Waals surface area contributed by atoms with Crippen LogP contribution in [0.2, 0.25) is 0 Å². The molecule has 0 amide bonds. The molecule has 0 saturated heterocycles. The van der Waals surface area contributed by atoms with Crippen LogP contribution in [0.3, 0.4) is 0 Å². The highest BCUT2D eigenvalue weighted by atomic mass is 16.5. The quantitative estimate of drug-likeness (QED) is 0.795. The second-order valence-corrected chi connectivity index (χ2v) is 5.31. The van der Waals surface area contributed by atoms with E-state index < -0.39 is 0 Å². The number of nitrogens with two attached hydrogens (primary N) is 1. The third-order valence-electron chi connectivity index (χ3n) is 3.91. The number of nitrogens with zero attached hydrogens (tertiary/aromatic N) is 1. The number of hydrogen-bond acceptors (Lipinski definition) is 2. The number of para-hydroxylation sites is 1. The second-order valence-electron chi connectivity index (χ2n) is 5.31. The van der Waals surface area contributed by atoms with Crippen molar-refractivity contribution in [2.24, 2.45) is 5.73 Å². The summed E-state index contributed by atoms with van der Waals surface area (Å²) in [7, 11) is 1.71. The lowest BCUT2D eigenvalue weighted by atomic mass is 10.1. The Morgan fingerprint density at radius 3 is 2.71 bits per heavy atom. The molecule has 21 heavy (non-hydrogen) atoms. The first-order valence-corrected chi connectivity index (χ1v) is 7.13. The third kappa shape index (κ3) is 2.52. The van der Waals surface area contributed by atoms with Crippen LogP contribution in [-0.2, 0) is 13.1 Å². The topological polar surface area (TPSA) is 40.2 Å². The monoisotopic (exact) mass is 280 g/mol. The van der Waals surface area contributed by atoms with E-state index >= 15 is 0 Å². The number of methoxy groups -OCH3 is 1. The Morgan fingerprint density at radius 2 is 1.95 bits per heavy atom. The molecule has 0 aliphatic rings. The Bertz CT molecular complexity index is 774. The molecule has 3 heteroatoms. The van der Waals surface area contributed by atoms with Gasteiger partial charge in [-0.1, -0.05) is 24.3 Å². The van der Waals surface area contributed by atoms with Crippen LogP contribution in [0.1, 0.15) is 16.7 Å². The maximum absolute atomic E-state index is 5.75. The van der Waals surface area contributed by atoms with Crippen LogP contribution < -0.4 is 10.5 Å². The molecule has 0 aliphatic heterocycles. The standard InChI is InChI=1S/C18H20N2O/c1-13-11-20(17-6-4-3-5-16(13)17)12-15-9-14(10-19)7-8-18(15)21-2/h3-9,11H,10,12,19H2,1-2H3. The highest BCUT2D eigenvalue weighted by Crippen LogP contribution is 2.25. The van der Waals surface area contributed by atoms with E-state index in [1.165, 1.54) is 16.5 Å². The summed E-state index contributed by atoms with van der Waals surface area (Å²) in [6, 6.07) is 14.6. The maximum Gasteiger partial charge on any atom is 0.123 e. The van der Waals surface area contributed by atoms with Crippen molar-refractivity contribution in [3.05, 3.63) is 65.4 Å². The van der Waals surface area contributed by atoms with Crippen molar-refractivity contribution < 1.29 is 4.74 Å². The first kappa shape index (κ1) is 13.7. The van der Waals surface area contributed by atoms with Crippen molar-refractivity contribution in [1.82, 2.24) is 4.57 Å². The molecule has 0 aliphatic carbocycles. The maximum atomic E-state index is 5.75. The summed E-state index contributed by atoms with van der Waals surface area (Å²) in [6.45, 7) is 3.47. The van der Waals surface area contributed by atoms with E-state index in [2.05, 4.69) is 48.0 Å². The molecule has 2 N–H and O–H groups in total. The Balaban J connectivity index is 2.06. The molecule has 1 heterocycles. The molecule has 3 aromatic rings. The molecular weight excluding hydrogens is 260 g/mol. The summed E-state index contributed by atoms with van der Waals surface area (Å²) in [5, 5.41) is 1.30. The van der Waals surface area contributed by atoms with Crippen molar-refractivity contribution in [3.8, 4) is 5.75 Å². The Kier molecular flexibility index (Phi) is 3.67. The Labute approximate surface area is 125 Å². The first-order valence-electron chi connectivity index (χ1n) is 7.13. The number of fused-ring (bicyclic) bond motifs is 1. The second kappa shape index (κ2) is 5.62. The molecule has 0 bridgehead atoms. The lowest BCUT2D eigenvalue weighted by Gasteiger charge is -2.12. The first-order chi connectivity index (χ1) is 10.2. The summed E-state index contributed by atoms with van der Waals surface area (Å²) in [5.74, 6) is 0.905. The number of benzene rings is 2. The molecule has 2 aromatic carbocycles. The molecule has 0 radical (unpaired) electrons. The number of hydrogen-bond donors (Lipinski definition) is 1. The molecule has 0 fully saturated rings. The van der Waals surface area contributed by atoms with Gasteiger partial charge in [0.15, 0.2) is 0 Å². The predicted molar refractivity (Wildman–Crippen MR) is 86.7 cm³/mol. The van der Waals surface area contributed by atoms with E-state index in [9.17, 15) is 0 Å². The van der Waals surface area contributed by atoms with Crippen molar-refractivity contribution in [3.63, 3.8) is 0 Å². The molecule has 3 nitrogen and oxygen atoms in total. The average Bonchev–Trinajstić information content (AvgIpc) is 2.84. The van der Waals surface area contributed by atoms with Gasteiger partial charge in [0, 0.05) is 29.2 Å². The molecule has 3 rings (SSSR count). The van der Waals surface area contributed by atoms with Gasteiger partial charge in [-0.2, -0.15) is 0 Å². The van der Waals surface area contributed by atoms with Crippen LogP contribution in [0.25, 0.3) is 10.9 Å². The zero-order valence-corrected chi connectivity index (χ0v) is 12.5. The highest BCUT2D eigenvalue weighted by Gasteiger charge is 2.09. The zero-order chi connectivity index (χ0) is 14.8. The van der Waals surface area contributed by atoms with Gasteiger partial charge in [0.1, 0.15) is 5.75 Å². The largest absolute Gasteiger partial charge is 0.496 e. The van der Waals surface area contributed by atoms with Crippen LogP contribution in [0.15, 0.2) is 48.7 Å². The van der Waals surface area contributed by atoms with E-state index in [4.69, 9.17) is 10.5 Å². The fourth-order valence-corrected chi connectivity index (χ4v) is 2.83. The van der Waals surface area contributed by atoms with E-state index in [0.717, 1.165) is 23.4 Å². The van der Waals surface area contributed by atoms with Crippen molar-refractivity contribution in [2.75, 3.05) is 7.11 Å². The lowest BCUT2D eigenvalue weighted by molar-refractivity contribution is 0.408. The van der Waals surface area contributed by atoms with Gasteiger partial charge in [0.2, 0.25) is 0 Å². The molecule has 0 spiro atoms. The molecular formula is C18H20N2O. The minimum atomic E-state index is 0.544. The number of rotatable bonds is 4. The van der Waals surface area contributed by atoms with Crippen molar-refractivity contribution in [1.29, 1.82) is 0 Å². The predicted octanol–water partition coefficient (Wildman–Crippen LogP) is 3.47. The molecule has 0 saturated carbocycles. The summed E-state index contributed by atoms with van der Waals surface area (Å²) in [6.07, 6.45) is 2.19. The third-order valence-corrected chi connectivity index (χ3v) is 3.91. The molecule has 1 aromatic heterocycles. The summed E-state index contributed by atoms with van der Waals surface area (Å²) >= 11 is 0. The lowest BCUT2D eigenvalue weighted by Crippen LogP contribution is -2.03. The van der Waals surface area contributed by atoms with Crippen LogP contribution in [-0.4, -0.2) is 11.7 Å². The average molecular weight is 280 g/mol. The van der Waals surface area contributed by atoms with Gasteiger partial charge in [-0.15, -0.1) is 0 Å². The molecule has 108 valence electrons. The van der Waals surface area contributed by atoms with Crippen molar-refractivity contribution >= 4 is 10.9 Å². The van der Waals surface area contributed by atoms with Gasteiger partial charge in [-0.3, -0.25) is 0 Å². The van der Waals surface area contributed by atoms with Crippen molar-refractivity contribution in [2.45, 2.75) is 20.0 Å². The SMILES string of the molecule is COc1ccc(CN)cc1Cn1cc(C)c2ccccc21. The van der Waals surface area contributed by atoms with E-state index in [-0.39, 0.29) is 0 Å². The summed E-state index contributed by atoms with van der Waals surface area (Å²) in [5.41, 5.74) is 10.6. The Morgan fingerprint density at radius 1 is 1.14 bits per heavy atom. The number of aryl methyl sites for hydroxylation is 1. The Hall–Kier alpha value is -2.26. The number of aromatic nitrogens is 1. The van der Waals surface area contributed by atoms with E-state index in [1.807, 2.05) is 12.1 Å². The summed E-state index contributed by atoms with van der Waals surface area (Å²) < 4.78 is 7.75. The van der Waals surface area contributed by atoms with E-state index in [1.54, 1.807) is 7.11 Å². The fraction of sp³-hybridized carbons (Fsp3) is 0.222. The van der Waals surface area contributed by atoms with Crippen LogP contribution >= 0.6 is 0 Å². The van der Waals surface area contributed by atoms with Gasteiger partial charge in [0.25, 0.3) is 0 Å². The summed E-state index contributed by atoms with van der Waals surface area (Å²) in [4.78, 5) is 0. The minimum absolute atomic E-state index is 0.544. The normalized spacial score (nSPS) is 11.0. The van der Waals surface area contributed by atoms with Crippen LogP contribution in [0, 0.1) is 6.92 Å². The molecule has 0 atom stereocenters. The van der Waals surface area contributed by atoms with Crippen LogP contribution in [0.4, 0.5) is 0 Å². The zero-order valence-electron chi connectivity index (χ0n) is 12.5. The van der Waals surface area contributed by atoms with Gasteiger partial charge in [-0.25, -0.2) is 0 Å². The van der Waals surface area contributed by atoms with E-state index in [0.29, 0.717) is 6.54 Å². The fourth-order valence-electron chi connectivity index (χ4n) is 2.83. The minimum Gasteiger partial charge on any atom is -0.496 e. The van der Waals surface area contributed by atoms with Gasteiger partial charge < -0.3 is 15.0 Å². The van der Waals surface area contributed by atoms with Gasteiger partial charge in [-0.05, 0) is 36.2 Å². The smallest absolute Gasteiger partial charge is 0.123 e. The highest BCUT2D eigenvalue weighted by molar-refractivity contribution is 5.83. The van der Waals surface area contributed by atoms with Gasteiger partial charge in [0.05, 0.1) is 13.7 Å². The number of ether oxygens (including phenoxy) is 1. The molecule has 0 unspecified atom stereocenters. The van der Waals surface area contributed by atoms with Gasteiger partial charge >= 0.3 is 0 Å².